The van der Waals surface area contributed by atoms with Crippen LogP contribution in [0.15, 0.2) is 53.9 Å². The van der Waals surface area contributed by atoms with Crippen LogP contribution < -0.4 is 10.6 Å². The quantitative estimate of drug-likeness (QED) is 0.719. The van der Waals surface area contributed by atoms with E-state index in [1.165, 1.54) is 24.3 Å². The van der Waals surface area contributed by atoms with E-state index < -0.39 is 6.03 Å². The molecule has 0 aliphatic heterocycles. The largest absolute Gasteiger partial charge is 0.323 e. The Hall–Kier alpha value is -2.73. The summed E-state index contributed by atoms with van der Waals surface area (Å²) in [5, 5.41) is 8.38. The average Bonchev–Trinajstić information content (AvgIpc) is 2.96. The van der Waals surface area contributed by atoms with Gasteiger partial charge in [0.1, 0.15) is 5.82 Å². The van der Waals surface area contributed by atoms with Gasteiger partial charge >= 0.3 is 6.03 Å². The molecule has 4 nitrogen and oxygen atoms in total. The highest BCUT2D eigenvalue weighted by molar-refractivity contribution is 7.09. The van der Waals surface area contributed by atoms with Gasteiger partial charge in [0.25, 0.3) is 0 Å². The van der Waals surface area contributed by atoms with E-state index >= 15 is 0 Å². The molecule has 0 unspecified atom stereocenters. The predicted octanol–water partition coefficient (Wildman–Crippen LogP) is 4.90. The molecule has 1 aromatic heterocycles. The number of para-hydroxylation sites is 1. The molecule has 0 saturated heterocycles. The van der Waals surface area contributed by atoms with E-state index in [1.807, 2.05) is 36.6 Å². The molecular weight excluding hydrogens is 313 g/mol. The summed E-state index contributed by atoms with van der Waals surface area (Å²) >= 11 is 1.56. The van der Waals surface area contributed by atoms with Crippen molar-refractivity contribution in [3.8, 4) is 11.3 Å². The highest BCUT2D eigenvalue weighted by Gasteiger charge is 2.10. The fourth-order valence-corrected chi connectivity index (χ4v) is 2.73. The molecule has 0 aliphatic rings. The minimum atomic E-state index is -0.393. The number of carbonyl (C=O) groups excluding carboxylic acids is 1. The van der Waals surface area contributed by atoms with Crippen molar-refractivity contribution in [1.29, 1.82) is 0 Å². The topological polar surface area (TPSA) is 54.0 Å². The van der Waals surface area contributed by atoms with E-state index in [1.54, 1.807) is 11.3 Å². The summed E-state index contributed by atoms with van der Waals surface area (Å²) in [6.07, 6.45) is 0. The van der Waals surface area contributed by atoms with Crippen molar-refractivity contribution in [2.75, 3.05) is 10.6 Å². The number of aromatic nitrogens is 1. The predicted molar refractivity (Wildman–Crippen MR) is 91.3 cm³/mol. The van der Waals surface area contributed by atoms with E-state index in [2.05, 4.69) is 15.6 Å². The van der Waals surface area contributed by atoms with Crippen LogP contribution >= 0.6 is 11.3 Å². The highest BCUT2D eigenvalue weighted by atomic mass is 32.1. The van der Waals surface area contributed by atoms with Crippen molar-refractivity contribution in [3.05, 3.63) is 64.7 Å². The van der Waals surface area contributed by atoms with Gasteiger partial charge in [-0.2, -0.15) is 0 Å². The lowest BCUT2D eigenvalue weighted by Crippen LogP contribution is -2.19. The molecule has 0 aliphatic carbocycles. The van der Waals surface area contributed by atoms with Gasteiger partial charge in [0.2, 0.25) is 0 Å². The summed E-state index contributed by atoms with van der Waals surface area (Å²) in [5.74, 6) is -0.347. The van der Waals surface area contributed by atoms with Crippen LogP contribution in [-0.2, 0) is 0 Å². The zero-order chi connectivity index (χ0) is 16.2. The number of amides is 2. The van der Waals surface area contributed by atoms with Crippen molar-refractivity contribution in [3.63, 3.8) is 0 Å². The Kier molecular flexibility index (Phi) is 4.34. The zero-order valence-corrected chi connectivity index (χ0v) is 13.2. The molecule has 6 heteroatoms. The number of nitrogens with one attached hydrogen (secondary N) is 2. The minimum Gasteiger partial charge on any atom is -0.308 e. The van der Waals surface area contributed by atoms with E-state index in [4.69, 9.17) is 0 Å². The average molecular weight is 327 g/mol. The van der Waals surface area contributed by atoms with E-state index in [-0.39, 0.29) is 5.82 Å². The fourth-order valence-electron chi connectivity index (χ4n) is 2.12. The molecule has 0 saturated carbocycles. The Morgan fingerprint density at radius 1 is 1.09 bits per heavy atom. The van der Waals surface area contributed by atoms with Crippen LogP contribution in [0.1, 0.15) is 5.01 Å². The number of rotatable bonds is 3. The van der Waals surface area contributed by atoms with Crippen LogP contribution in [0.2, 0.25) is 0 Å². The molecule has 2 amide bonds. The molecule has 0 radical (unpaired) electrons. The molecule has 2 aromatic carbocycles. The summed E-state index contributed by atoms with van der Waals surface area (Å²) < 4.78 is 12.9. The second-order valence-corrected chi connectivity index (χ2v) is 5.95. The summed E-state index contributed by atoms with van der Waals surface area (Å²) in [7, 11) is 0. The molecular formula is C17H14FN3OS. The van der Waals surface area contributed by atoms with Crippen LogP contribution in [0, 0.1) is 12.7 Å². The van der Waals surface area contributed by atoms with Crippen LogP contribution in [0.5, 0.6) is 0 Å². The van der Waals surface area contributed by atoms with Crippen LogP contribution in [0.4, 0.5) is 20.6 Å². The number of nitrogens with zero attached hydrogens (tertiary/aromatic N) is 1. The number of halogens is 1. The number of hydrogen-bond donors (Lipinski definition) is 2. The Morgan fingerprint density at radius 2 is 1.83 bits per heavy atom. The number of thiazole rings is 1. The maximum absolute atomic E-state index is 12.9. The SMILES string of the molecule is Cc1nc(-c2ccccc2NC(=O)Nc2ccc(F)cc2)cs1. The molecule has 0 bridgehead atoms. The number of hydrogen-bond acceptors (Lipinski definition) is 3. The van der Waals surface area contributed by atoms with Crippen molar-refractivity contribution in [2.45, 2.75) is 6.92 Å². The molecule has 1 heterocycles. The van der Waals surface area contributed by atoms with Crippen LogP contribution in [0.3, 0.4) is 0 Å². The molecule has 0 fully saturated rings. The first-order valence-electron chi connectivity index (χ1n) is 6.97. The standard InChI is InChI=1S/C17H14FN3OS/c1-11-19-16(10-23-11)14-4-2-3-5-15(14)21-17(22)20-13-8-6-12(18)7-9-13/h2-10H,1H3,(H2,20,21,22). The Morgan fingerprint density at radius 3 is 2.52 bits per heavy atom. The summed E-state index contributed by atoms with van der Waals surface area (Å²) in [4.78, 5) is 16.6. The summed E-state index contributed by atoms with van der Waals surface area (Å²) in [6.45, 7) is 1.94. The Bertz CT molecular complexity index is 830. The Balaban J connectivity index is 1.77. The third-order valence-corrected chi connectivity index (χ3v) is 3.95. The normalized spacial score (nSPS) is 10.3. The lowest BCUT2D eigenvalue weighted by Gasteiger charge is -2.11. The van der Waals surface area contributed by atoms with Crippen LogP contribution in [0.25, 0.3) is 11.3 Å². The van der Waals surface area contributed by atoms with Gasteiger partial charge in [-0.25, -0.2) is 14.2 Å². The zero-order valence-electron chi connectivity index (χ0n) is 12.3. The molecule has 0 atom stereocenters. The highest BCUT2D eigenvalue weighted by Crippen LogP contribution is 2.28. The molecule has 116 valence electrons. The van der Waals surface area contributed by atoms with Crippen molar-refractivity contribution in [1.82, 2.24) is 4.98 Å². The van der Waals surface area contributed by atoms with Gasteiger partial charge in [-0.15, -0.1) is 11.3 Å². The molecule has 3 aromatic rings. The summed E-state index contributed by atoms with van der Waals surface area (Å²) in [5.41, 5.74) is 2.86. The molecule has 0 spiro atoms. The third kappa shape index (κ3) is 3.73. The minimum absolute atomic E-state index is 0.347. The van der Waals surface area contributed by atoms with Gasteiger partial charge in [0.05, 0.1) is 16.4 Å². The monoisotopic (exact) mass is 327 g/mol. The van der Waals surface area contributed by atoms with E-state index in [0.29, 0.717) is 11.4 Å². The first kappa shape index (κ1) is 15.2. The number of anilines is 2. The van der Waals surface area contributed by atoms with Gasteiger partial charge in [-0.3, -0.25) is 0 Å². The second-order valence-electron chi connectivity index (χ2n) is 4.88. The first-order chi connectivity index (χ1) is 11.1. The van der Waals surface area contributed by atoms with Crippen LogP contribution in [-0.4, -0.2) is 11.0 Å². The smallest absolute Gasteiger partial charge is 0.308 e. The second kappa shape index (κ2) is 6.58. The number of urea groups is 1. The molecule has 2 N–H and O–H groups in total. The van der Waals surface area contributed by atoms with Gasteiger partial charge in [0.15, 0.2) is 0 Å². The number of carbonyl (C=O) groups is 1. The Labute approximate surface area is 137 Å². The summed E-state index contributed by atoms with van der Waals surface area (Å²) in [6, 6.07) is 12.7. The number of benzene rings is 2. The van der Waals surface area contributed by atoms with Crippen molar-refractivity contribution >= 4 is 28.7 Å². The number of aryl methyl sites for hydroxylation is 1. The van der Waals surface area contributed by atoms with Crippen molar-refractivity contribution in [2.24, 2.45) is 0 Å². The molecule has 3 rings (SSSR count). The maximum atomic E-state index is 12.9. The molecule has 23 heavy (non-hydrogen) atoms. The maximum Gasteiger partial charge on any atom is 0.323 e. The fraction of sp³-hybridized carbons (Fsp3) is 0.0588. The van der Waals surface area contributed by atoms with Gasteiger partial charge in [0, 0.05) is 16.6 Å². The van der Waals surface area contributed by atoms with E-state index in [9.17, 15) is 9.18 Å². The lowest BCUT2D eigenvalue weighted by atomic mass is 10.1. The van der Waals surface area contributed by atoms with Gasteiger partial charge in [-0.1, -0.05) is 18.2 Å². The van der Waals surface area contributed by atoms with Gasteiger partial charge < -0.3 is 10.6 Å². The van der Waals surface area contributed by atoms with Gasteiger partial charge in [-0.05, 0) is 37.3 Å². The first-order valence-corrected chi connectivity index (χ1v) is 7.85. The van der Waals surface area contributed by atoms with Crippen molar-refractivity contribution < 1.29 is 9.18 Å². The third-order valence-electron chi connectivity index (χ3n) is 3.17. The lowest BCUT2D eigenvalue weighted by molar-refractivity contribution is 0.262. The van der Waals surface area contributed by atoms with E-state index in [0.717, 1.165) is 16.3 Å².